The molecule has 2 amide bonds. The van der Waals surface area contributed by atoms with E-state index in [0.717, 1.165) is 0 Å². The van der Waals surface area contributed by atoms with E-state index < -0.39 is 0 Å². The third-order valence-corrected chi connectivity index (χ3v) is 4.16. The molecule has 0 spiro atoms. The van der Waals surface area contributed by atoms with Crippen LogP contribution in [0.1, 0.15) is 0 Å². The summed E-state index contributed by atoms with van der Waals surface area (Å²) < 4.78 is 10.8. The highest BCUT2D eigenvalue weighted by Gasteiger charge is 2.61. The lowest BCUT2D eigenvalue weighted by molar-refractivity contribution is -0.167. The number of morpholine rings is 1. The summed E-state index contributed by atoms with van der Waals surface area (Å²) in [6.45, 7) is 2.32. The summed E-state index contributed by atoms with van der Waals surface area (Å²) in [5, 5.41) is 3.15. The lowest BCUT2D eigenvalue weighted by Gasteiger charge is -2.33. The van der Waals surface area contributed by atoms with Gasteiger partial charge in [0.15, 0.2) is 0 Å². The Morgan fingerprint density at radius 3 is 2.11 bits per heavy atom. The van der Waals surface area contributed by atoms with Crippen molar-refractivity contribution in [1.82, 2.24) is 10.0 Å². The van der Waals surface area contributed by atoms with Crippen LogP contribution in [0.5, 0.6) is 0 Å². The zero-order valence-electron chi connectivity index (χ0n) is 9.82. The van der Waals surface area contributed by atoms with Gasteiger partial charge in [-0.1, -0.05) is 12.2 Å². The third kappa shape index (κ3) is 1.23. The predicted octanol–water partition coefficient (Wildman–Crippen LogP) is -0.828. The third-order valence-electron chi connectivity index (χ3n) is 4.16. The smallest absolute Gasteiger partial charge is 0.250 e. The summed E-state index contributed by atoms with van der Waals surface area (Å²) in [5.74, 6) is -0.835. The lowest BCUT2D eigenvalue weighted by atomic mass is 9.85. The summed E-state index contributed by atoms with van der Waals surface area (Å²) in [6, 6.07) is 0. The largest absolute Gasteiger partial charge is 0.379 e. The molecule has 4 heterocycles. The molecule has 0 saturated carbocycles. The van der Waals surface area contributed by atoms with Crippen LogP contribution in [0.2, 0.25) is 0 Å². The fourth-order valence-electron chi connectivity index (χ4n) is 3.32. The van der Waals surface area contributed by atoms with Gasteiger partial charge in [-0.05, 0) is 0 Å². The van der Waals surface area contributed by atoms with Crippen molar-refractivity contribution in [2.45, 2.75) is 12.2 Å². The van der Waals surface area contributed by atoms with Crippen LogP contribution in [0.4, 0.5) is 0 Å². The average molecular weight is 250 g/mol. The Kier molecular flexibility index (Phi) is 2.15. The van der Waals surface area contributed by atoms with Crippen LogP contribution in [0, 0.1) is 11.8 Å². The number of fused-ring (bicyclic) bond motifs is 5. The van der Waals surface area contributed by atoms with Crippen molar-refractivity contribution in [2.24, 2.45) is 11.8 Å². The highest BCUT2D eigenvalue weighted by Crippen LogP contribution is 2.45. The number of carbonyl (C=O) groups is 2. The fraction of sp³-hybridized carbons (Fsp3) is 0.667. The van der Waals surface area contributed by atoms with E-state index in [1.807, 2.05) is 17.2 Å². The number of rotatable bonds is 1. The molecule has 6 nitrogen and oxygen atoms in total. The number of amides is 2. The number of carbonyl (C=O) groups excluding carboxylic acids is 2. The number of hydrogen-bond donors (Lipinski definition) is 0. The van der Waals surface area contributed by atoms with Gasteiger partial charge in [0.2, 0.25) is 0 Å². The van der Waals surface area contributed by atoms with E-state index in [2.05, 4.69) is 0 Å². The van der Waals surface area contributed by atoms with Crippen LogP contribution in [0.15, 0.2) is 12.2 Å². The standard InChI is InChI=1S/C12H14N2O4/c15-11-9-7-1-2-8(18-7)10(9)12(16)14(11)13-3-5-17-6-4-13/h1-2,7-10H,3-6H2/t7-,8+,9-,10+. The second-order valence-electron chi connectivity index (χ2n) is 5.06. The highest BCUT2D eigenvalue weighted by atomic mass is 16.5. The van der Waals surface area contributed by atoms with E-state index in [4.69, 9.17) is 9.47 Å². The van der Waals surface area contributed by atoms with Gasteiger partial charge in [-0.25, -0.2) is 10.0 Å². The first-order valence-electron chi connectivity index (χ1n) is 6.31. The summed E-state index contributed by atoms with van der Waals surface area (Å²) in [5.41, 5.74) is 0. The Morgan fingerprint density at radius 1 is 1.00 bits per heavy atom. The van der Waals surface area contributed by atoms with Gasteiger partial charge in [0.1, 0.15) is 0 Å². The lowest BCUT2D eigenvalue weighted by Crippen LogP contribution is -2.52. The molecular formula is C12H14N2O4. The molecule has 4 aliphatic heterocycles. The molecule has 0 aromatic carbocycles. The number of imide groups is 1. The average Bonchev–Trinajstić information content (AvgIpc) is 3.05. The Balaban J connectivity index is 1.63. The minimum Gasteiger partial charge on any atom is -0.379 e. The van der Waals surface area contributed by atoms with Crippen molar-refractivity contribution in [3.05, 3.63) is 12.2 Å². The first kappa shape index (κ1) is 10.7. The van der Waals surface area contributed by atoms with Crippen molar-refractivity contribution in [2.75, 3.05) is 26.3 Å². The van der Waals surface area contributed by atoms with Crippen molar-refractivity contribution in [3.63, 3.8) is 0 Å². The summed E-state index contributed by atoms with van der Waals surface area (Å²) in [6.07, 6.45) is 3.39. The first-order valence-corrected chi connectivity index (χ1v) is 6.31. The van der Waals surface area contributed by atoms with E-state index in [0.29, 0.717) is 26.3 Å². The van der Waals surface area contributed by atoms with Gasteiger partial charge in [-0.15, -0.1) is 0 Å². The molecule has 96 valence electrons. The maximum atomic E-state index is 12.4. The molecular weight excluding hydrogens is 236 g/mol. The summed E-state index contributed by atoms with van der Waals surface area (Å²) >= 11 is 0. The molecule has 0 unspecified atom stereocenters. The topological polar surface area (TPSA) is 59.1 Å². The van der Waals surface area contributed by atoms with Gasteiger partial charge in [0.05, 0.1) is 37.3 Å². The van der Waals surface area contributed by atoms with E-state index in [-0.39, 0.29) is 35.9 Å². The predicted molar refractivity (Wildman–Crippen MR) is 59.0 cm³/mol. The monoisotopic (exact) mass is 250 g/mol. The molecule has 3 saturated heterocycles. The molecule has 18 heavy (non-hydrogen) atoms. The van der Waals surface area contributed by atoms with E-state index in [9.17, 15) is 9.59 Å². The Hall–Kier alpha value is -1.24. The Morgan fingerprint density at radius 2 is 1.56 bits per heavy atom. The normalized spacial score (nSPS) is 43.0. The van der Waals surface area contributed by atoms with Crippen LogP contribution in [0.3, 0.4) is 0 Å². The number of hydrazine groups is 1. The summed E-state index contributed by atoms with van der Waals surface area (Å²) in [7, 11) is 0. The molecule has 4 rings (SSSR count). The molecule has 0 aromatic rings. The van der Waals surface area contributed by atoms with Gasteiger partial charge in [0.25, 0.3) is 11.8 Å². The molecule has 0 aliphatic carbocycles. The molecule has 6 heteroatoms. The minimum absolute atomic E-state index is 0.108. The highest BCUT2D eigenvalue weighted by molar-refractivity contribution is 6.06. The van der Waals surface area contributed by atoms with Crippen LogP contribution in [-0.2, 0) is 19.1 Å². The molecule has 4 aliphatic rings. The van der Waals surface area contributed by atoms with E-state index >= 15 is 0 Å². The molecule has 0 radical (unpaired) electrons. The minimum atomic E-state index is -0.310. The molecule has 3 fully saturated rings. The van der Waals surface area contributed by atoms with Gasteiger partial charge in [-0.3, -0.25) is 9.59 Å². The SMILES string of the molecule is O=C1[C@@H]2[C@H](C(=O)N1N1CCOCC1)[C@H]1C=C[C@@H]2O1. The van der Waals surface area contributed by atoms with E-state index in [1.54, 1.807) is 0 Å². The number of nitrogens with zero attached hydrogens (tertiary/aromatic N) is 2. The van der Waals surface area contributed by atoms with Crippen molar-refractivity contribution in [3.8, 4) is 0 Å². The number of hydrogen-bond acceptors (Lipinski definition) is 5. The zero-order chi connectivity index (χ0) is 12.3. The molecule has 0 N–H and O–H groups in total. The molecule has 4 atom stereocenters. The zero-order valence-corrected chi connectivity index (χ0v) is 9.82. The van der Waals surface area contributed by atoms with Crippen LogP contribution >= 0.6 is 0 Å². The first-order chi connectivity index (χ1) is 8.77. The van der Waals surface area contributed by atoms with Crippen LogP contribution in [0.25, 0.3) is 0 Å². The van der Waals surface area contributed by atoms with Gasteiger partial charge in [0, 0.05) is 13.1 Å². The van der Waals surface area contributed by atoms with Crippen LogP contribution in [-0.4, -0.2) is 60.3 Å². The summed E-state index contributed by atoms with van der Waals surface area (Å²) in [4.78, 5) is 24.8. The molecule has 2 bridgehead atoms. The van der Waals surface area contributed by atoms with Gasteiger partial charge < -0.3 is 9.47 Å². The Bertz CT molecular complexity index is 413. The van der Waals surface area contributed by atoms with Crippen molar-refractivity contribution >= 4 is 11.8 Å². The van der Waals surface area contributed by atoms with Gasteiger partial charge in [-0.2, -0.15) is 0 Å². The second kappa shape index (κ2) is 3.63. The van der Waals surface area contributed by atoms with Gasteiger partial charge >= 0.3 is 0 Å². The van der Waals surface area contributed by atoms with Crippen molar-refractivity contribution < 1.29 is 19.1 Å². The van der Waals surface area contributed by atoms with Crippen LogP contribution < -0.4 is 0 Å². The van der Waals surface area contributed by atoms with Crippen molar-refractivity contribution in [1.29, 1.82) is 0 Å². The maximum Gasteiger partial charge on any atom is 0.250 e. The fourth-order valence-corrected chi connectivity index (χ4v) is 3.32. The quantitative estimate of drug-likeness (QED) is 0.449. The number of ether oxygens (including phenoxy) is 2. The molecule has 0 aromatic heterocycles. The Labute approximate surface area is 104 Å². The maximum absolute atomic E-state index is 12.4. The van der Waals surface area contributed by atoms with E-state index in [1.165, 1.54) is 5.01 Å². The second-order valence-corrected chi connectivity index (χ2v) is 5.06.